The zero-order chi connectivity index (χ0) is 26.3. The Balaban J connectivity index is 1.84. The summed E-state index contributed by atoms with van der Waals surface area (Å²) >= 11 is 0. The molecule has 4 aliphatic rings. The molecule has 0 N–H and O–H groups in total. The van der Waals surface area contributed by atoms with Crippen LogP contribution >= 0.6 is 0 Å². The van der Waals surface area contributed by atoms with Crippen LogP contribution in [0, 0.1) is 23.3 Å². The molecule has 0 unspecified atom stereocenters. The van der Waals surface area contributed by atoms with Crippen molar-refractivity contribution in [1.29, 1.82) is 0 Å². The van der Waals surface area contributed by atoms with E-state index in [1.165, 1.54) is 33.4 Å². The first-order valence-electron chi connectivity index (χ1n) is 12.9. The Morgan fingerprint density at radius 2 is 0.944 bits per heavy atom. The van der Waals surface area contributed by atoms with Crippen molar-refractivity contribution in [2.24, 2.45) is 0 Å². The van der Waals surface area contributed by atoms with Gasteiger partial charge in [0.2, 0.25) is 0 Å². The first-order chi connectivity index (χ1) is 16.7. The molecule has 4 rings (SSSR count). The molecule has 0 heterocycles. The zero-order valence-electron chi connectivity index (χ0n) is 23.4. The van der Waals surface area contributed by atoms with Gasteiger partial charge in [-0.3, -0.25) is 0 Å². The quantitative estimate of drug-likeness (QED) is 0.172. The van der Waals surface area contributed by atoms with Crippen LogP contribution in [0.1, 0.15) is 69.4 Å². The zero-order valence-corrected chi connectivity index (χ0v) is 24.4. The van der Waals surface area contributed by atoms with Crippen LogP contribution in [0.15, 0.2) is 66.7 Å². The van der Waals surface area contributed by atoms with Gasteiger partial charge in [0.15, 0.2) is 0 Å². The van der Waals surface area contributed by atoms with E-state index in [1.807, 2.05) is 0 Å². The summed E-state index contributed by atoms with van der Waals surface area (Å²) in [5.41, 5.74) is 14.4. The molecule has 0 atom stereocenters. The third kappa shape index (κ3) is 5.75. The van der Waals surface area contributed by atoms with E-state index in [9.17, 15) is 0 Å². The van der Waals surface area contributed by atoms with Gasteiger partial charge in [-0.05, 0) is 56.3 Å². The monoisotopic (exact) mass is 486 g/mol. The maximum atomic E-state index is 3.55. The van der Waals surface area contributed by atoms with Gasteiger partial charge in [-0.15, -0.1) is 5.54 Å². The molecule has 0 aromatic carbocycles. The molecular weight excluding hydrogens is 448 g/mol. The minimum atomic E-state index is -1.50. The first-order valence-corrected chi connectivity index (χ1v) is 16.4. The van der Waals surface area contributed by atoms with Crippen LogP contribution < -0.4 is 0 Å². The molecule has 182 valence electrons. The van der Waals surface area contributed by atoms with Crippen molar-refractivity contribution >= 4 is 8.07 Å². The fourth-order valence-corrected chi connectivity index (χ4v) is 4.81. The van der Waals surface area contributed by atoms with Crippen LogP contribution in [-0.2, 0) is 10.8 Å². The number of rotatable bonds is 0. The second kappa shape index (κ2) is 9.31. The average Bonchev–Trinajstić information content (AvgIpc) is 3.08. The molecule has 0 nitrogen and oxygen atoms in total. The fraction of sp³-hybridized carbons (Fsp3) is 0.314. The summed E-state index contributed by atoms with van der Waals surface area (Å²) < 4.78 is 0. The normalized spacial score (nSPS) is 12.1. The van der Waals surface area contributed by atoms with Crippen molar-refractivity contribution in [3.8, 4) is 45.6 Å². The first kappa shape index (κ1) is 25.8. The Morgan fingerprint density at radius 1 is 0.500 bits per heavy atom. The van der Waals surface area contributed by atoms with Crippen LogP contribution in [-0.4, -0.2) is 8.07 Å². The van der Waals surface area contributed by atoms with E-state index < -0.39 is 8.07 Å². The highest BCUT2D eigenvalue weighted by atomic mass is 28.3. The van der Waals surface area contributed by atoms with Crippen molar-refractivity contribution in [2.75, 3.05) is 0 Å². The lowest BCUT2D eigenvalue weighted by molar-refractivity contribution is 0.590. The van der Waals surface area contributed by atoms with Crippen LogP contribution in [0.25, 0.3) is 22.3 Å². The van der Waals surface area contributed by atoms with Gasteiger partial charge in [0.1, 0.15) is 8.07 Å². The highest BCUT2D eigenvalue weighted by Crippen LogP contribution is 2.34. The van der Waals surface area contributed by atoms with Gasteiger partial charge in [-0.25, -0.2) is 0 Å². The van der Waals surface area contributed by atoms with Gasteiger partial charge in [0, 0.05) is 16.7 Å². The van der Waals surface area contributed by atoms with Crippen LogP contribution in [0.2, 0.25) is 19.6 Å². The molecule has 0 aliphatic heterocycles. The van der Waals surface area contributed by atoms with Crippen molar-refractivity contribution in [3.05, 3.63) is 94.5 Å². The SMILES string of the molecule is CC(C)(C)c1ccc2ccc(C#Cc3cc(C#C[Si](C)(C)C)c4ccc(C(C)(C)C)ccc3-4)c-2cc1. The van der Waals surface area contributed by atoms with Gasteiger partial charge in [0.25, 0.3) is 0 Å². The predicted octanol–water partition coefficient (Wildman–Crippen LogP) is 9.12. The van der Waals surface area contributed by atoms with Gasteiger partial charge < -0.3 is 0 Å². The molecule has 0 spiro atoms. The molecule has 0 fully saturated rings. The molecule has 0 amide bonds. The molecule has 1 heteroatoms. The Labute approximate surface area is 219 Å². The number of hydrogen-bond donors (Lipinski definition) is 0. The number of hydrogen-bond acceptors (Lipinski definition) is 0. The minimum absolute atomic E-state index is 0.0854. The third-order valence-corrected chi connectivity index (χ3v) is 7.43. The second-order valence-electron chi connectivity index (χ2n) is 12.9. The largest absolute Gasteiger partial charge is 0.129 e. The average molecular weight is 487 g/mol. The minimum Gasteiger partial charge on any atom is -0.127 e. The van der Waals surface area contributed by atoms with Gasteiger partial charge in [-0.1, -0.05) is 134 Å². The van der Waals surface area contributed by atoms with Gasteiger partial charge in [-0.2, -0.15) is 0 Å². The molecule has 36 heavy (non-hydrogen) atoms. The summed E-state index contributed by atoms with van der Waals surface area (Å²) in [5, 5.41) is 0. The van der Waals surface area contributed by atoms with Gasteiger partial charge in [0.05, 0.1) is 0 Å². The summed E-state index contributed by atoms with van der Waals surface area (Å²) in [5.74, 6) is 10.5. The van der Waals surface area contributed by atoms with Crippen LogP contribution in [0.3, 0.4) is 0 Å². The lowest BCUT2D eigenvalue weighted by Gasteiger charge is -2.17. The topological polar surface area (TPSA) is 0 Å². The summed E-state index contributed by atoms with van der Waals surface area (Å²) in [6.45, 7) is 20.4. The highest BCUT2D eigenvalue weighted by Gasteiger charge is 2.18. The van der Waals surface area contributed by atoms with Crippen molar-refractivity contribution in [2.45, 2.75) is 72.0 Å². The smallest absolute Gasteiger partial charge is 0.127 e. The predicted molar refractivity (Wildman–Crippen MR) is 160 cm³/mol. The molecule has 0 aromatic rings. The Hall–Kier alpha value is -3.26. The fourth-order valence-electron chi connectivity index (χ4n) is 4.30. The molecular formula is C35H38Si. The second-order valence-corrected chi connectivity index (χ2v) is 17.7. The maximum absolute atomic E-state index is 3.55. The molecule has 0 radical (unpaired) electrons. The van der Waals surface area contributed by atoms with Crippen LogP contribution in [0.5, 0.6) is 0 Å². The molecule has 0 saturated heterocycles. The Morgan fingerprint density at radius 3 is 1.47 bits per heavy atom. The van der Waals surface area contributed by atoms with E-state index in [4.69, 9.17) is 0 Å². The standard InChI is InChI=1S/C35H38Si/c1-34(2,3)29-15-14-26-11-10-25(31(26)19-16-29)12-13-27-24-28(22-23-36(7,8)9)33-21-18-30(35(4,5)6)17-20-32(27)33/h10-11,14-21,24H,1-9H3. The van der Waals surface area contributed by atoms with E-state index in [-0.39, 0.29) is 10.8 Å². The number of fused-ring (bicyclic) bond motifs is 2. The summed E-state index contributed by atoms with van der Waals surface area (Å²) in [7, 11) is -1.50. The van der Waals surface area contributed by atoms with E-state index in [1.54, 1.807) is 0 Å². The molecule has 0 saturated carbocycles. The van der Waals surface area contributed by atoms with E-state index >= 15 is 0 Å². The van der Waals surface area contributed by atoms with Crippen molar-refractivity contribution in [3.63, 3.8) is 0 Å². The van der Waals surface area contributed by atoms with Gasteiger partial charge >= 0.3 is 0 Å². The lowest BCUT2D eigenvalue weighted by Crippen LogP contribution is -2.16. The third-order valence-electron chi connectivity index (χ3n) is 6.56. The molecule has 0 aromatic heterocycles. The van der Waals surface area contributed by atoms with Crippen molar-refractivity contribution in [1.82, 2.24) is 0 Å². The molecule has 4 aliphatic carbocycles. The van der Waals surface area contributed by atoms with Crippen LogP contribution in [0.4, 0.5) is 0 Å². The Bertz CT molecular complexity index is 1470. The lowest BCUT2D eigenvalue weighted by atomic mass is 9.88. The van der Waals surface area contributed by atoms with E-state index in [0.29, 0.717) is 0 Å². The molecule has 0 bridgehead atoms. The highest BCUT2D eigenvalue weighted by molar-refractivity contribution is 6.83. The summed E-state index contributed by atoms with van der Waals surface area (Å²) in [6, 6.07) is 24.4. The maximum Gasteiger partial charge on any atom is 0.129 e. The van der Waals surface area contributed by atoms with E-state index in [2.05, 4.69) is 151 Å². The summed E-state index contributed by atoms with van der Waals surface area (Å²) in [6.07, 6.45) is 0. The van der Waals surface area contributed by atoms with E-state index in [0.717, 1.165) is 16.7 Å². The van der Waals surface area contributed by atoms with Crippen molar-refractivity contribution < 1.29 is 0 Å². The summed E-state index contributed by atoms with van der Waals surface area (Å²) in [4.78, 5) is 0. The Kier molecular flexibility index (Phi) is 6.68.